The smallest absolute Gasteiger partial charge is 0.251 e. The molecule has 0 aliphatic carbocycles. The predicted octanol–water partition coefficient (Wildman–Crippen LogP) is 4.47. The Hall–Kier alpha value is -3.91. The number of ether oxygens (including phenoxy) is 1. The molecule has 3 heterocycles. The van der Waals surface area contributed by atoms with Gasteiger partial charge in [0.2, 0.25) is 5.88 Å². The van der Waals surface area contributed by atoms with Crippen LogP contribution in [0.3, 0.4) is 0 Å². The van der Waals surface area contributed by atoms with E-state index in [0.29, 0.717) is 40.8 Å². The molecule has 1 aliphatic rings. The zero-order valence-electron chi connectivity index (χ0n) is 20.6. The van der Waals surface area contributed by atoms with Crippen LogP contribution < -0.4 is 10.1 Å². The quantitative estimate of drug-likeness (QED) is 0.357. The molecular weight excluding hydrogens is 454 g/mol. The number of carbonyl (C=O) groups excluding carboxylic acids is 1. The van der Waals surface area contributed by atoms with Gasteiger partial charge in [0.15, 0.2) is 0 Å². The van der Waals surface area contributed by atoms with Crippen molar-refractivity contribution in [1.29, 1.82) is 0 Å². The number of nitrogens with one attached hydrogen (secondary N) is 2. The van der Waals surface area contributed by atoms with E-state index in [1.54, 1.807) is 31.5 Å². The van der Waals surface area contributed by atoms with Crippen molar-refractivity contribution in [2.45, 2.75) is 19.3 Å². The van der Waals surface area contributed by atoms with E-state index in [0.717, 1.165) is 36.2 Å². The van der Waals surface area contributed by atoms with Gasteiger partial charge in [0.25, 0.3) is 5.91 Å². The van der Waals surface area contributed by atoms with Crippen LogP contribution in [0.4, 0.5) is 0 Å². The Balaban J connectivity index is 1.33. The second-order valence-corrected chi connectivity index (χ2v) is 9.40. The molecule has 36 heavy (non-hydrogen) atoms. The molecule has 2 aromatic carbocycles. The number of phenols is 1. The molecule has 1 fully saturated rings. The van der Waals surface area contributed by atoms with E-state index < -0.39 is 0 Å². The zero-order valence-corrected chi connectivity index (χ0v) is 20.6. The number of piperidine rings is 1. The number of phenolic OH excluding ortho intramolecular Hbond substituents is 1. The summed E-state index contributed by atoms with van der Waals surface area (Å²) in [7, 11) is 3.74. The summed E-state index contributed by atoms with van der Waals surface area (Å²) < 4.78 is 5.39. The fourth-order valence-electron chi connectivity index (χ4n) is 4.78. The standard InChI is InChI=1S/C28H31N5O3/c1-33-14-10-18(11-15-33)9-13-29-27(35)20-5-7-23-24(17-20)32-26(31-23)22-16-19(6-8-25(22)34)21-4-3-12-30-28(21)36-2/h3-8,12,16-18,34H,9-11,13-15H2,1-2H3,(H,29,35)(H,31,32). The lowest BCUT2D eigenvalue weighted by Gasteiger charge is -2.28. The number of hydrogen-bond acceptors (Lipinski definition) is 6. The Labute approximate surface area is 210 Å². The number of hydrogen-bond donors (Lipinski definition) is 3. The molecule has 0 radical (unpaired) electrons. The first-order valence-electron chi connectivity index (χ1n) is 12.3. The van der Waals surface area contributed by atoms with Crippen LogP contribution in [0.25, 0.3) is 33.5 Å². The number of benzene rings is 2. The van der Waals surface area contributed by atoms with Gasteiger partial charge in [-0.1, -0.05) is 6.07 Å². The first-order valence-corrected chi connectivity index (χ1v) is 12.3. The maximum Gasteiger partial charge on any atom is 0.251 e. The van der Waals surface area contributed by atoms with Gasteiger partial charge in [0.05, 0.1) is 23.7 Å². The molecule has 1 amide bonds. The summed E-state index contributed by atoms with van der Waals surface area (Å²) >= 11 is 0. The molecule has 2 aromatic heterocycles. The first kappa shape index (κ1) is 23.8. The molecule has 0 bridgehead atoms. The van der Waals surface area contributed by atoms with Crippen LogP contribution >= 0.6 is 0 Å². The molecule has 8 heteroatoms. The maximum atomic E-state index is 12.8. The molecular formula is C28H31N5O3. The number of pyridine rings is 1. The third-order valence-electron chi connectivity index (χ3n) is 6.95. The summed E-state index contributed by atoms with van der Waals surface area (Å²) in [6, 6.07) is 14.5. The van der Waals surface area contributed by atoms with Gasteiger partial charge in [0, 0.05) is 23.9 Å². The Morgan fingerprint density at radius 2 is 2.00 bits per heavy atom. The van der Waals surface area contributed by atoms with Crippen molar-refractivity contribution in [3.8, 4) is 34.1 Å². The summed E-state index contributed by atoms with van der Waals surface area (Å²) in [6.07, 6.45) is 5.06. The normalized spacial score (nSPS) is 14.7. The van der Waals surface area contributed by atoms with E-state index in [9.17, 15) is 9.90 Å². The highest BCUT2D eigenvalue weighted by molar-refractivity contribution is 5.97. The lowest BCUT2D eigenvalue weighted by Crippen LogP contribution is -2.32. The van der Waals surface area contributed by atoms with E-state index in [-0.39, 0.29) is 11.7 Å². The number of methoxy groups -OCH3 is 1. The second kappa shape index (κ2) is 10.4. The molecule has 4 aromatic rings. The third kappa shape index (κ3) is 5.04. The monoisotopic (exact) mass is 485 g/mol. The van der Waals surface area contributed by atoms with E-state index in [4.69, 9.17) is 4.74 Å². The van der Waals surface area contributed by atoms with Crippen molar-refractivity contribution in [3.63, 3.8) is 0 Å². The lowest BCUT2D eigenvalue weighted by molar-refractivity contribution is 0.0949. The second-order valence-electron chi connectivity index (χ2n) is 9.40. The Morgan fingerprint density at radius 3 is 2.81 bits per heavy atom. The topological polar surface area (TPSA) is 103 Å². The highest BCUT2D eigenvalue weighted by Gasteiger charge is 2.18. The minimum Gasteiger partial charge on any atom is -0.507 e. The van der Waals surface area contributed by atoms with Crippen molar-refractivity contribution in [3.05, 3.63) is 60.3 Å². The number of amides is 1. The molecule has 1 saturated heterocycles. The maximum absolute atomic E-state index is 12.8. The molecule has 3 N–H and O–H groups in total. The van der Waals surface area contributed by atoms with Crippen LogP contribution in [0.5, 0.6) is 11.6 Å². The van der Waals surface area contributed by atoms with Crippen LogP contribution in [0, 0.1) is 5.92 Å². The number of nitrogens with zero attached hydrogens (tertiary/aromatic N) is 3. The van der Waals surface area contributed by atoms with Gasteiger partial charge in [-0.3, -0.25) is 4.79 Å². The summed E-state index contributed by atoms with van der Waals surface area (Å²) in [4.78, 5) is 27.3. The van der Waals surface area contributed by atoms with E-state index in [2.05, 4.69) is 32.2 Å². The fraction of sp³-hybridized carbons (Fsp3) is 0.321. The highest BCUT2D eigenvalue weighted by atomic mass is 16.5. The Kier molecular flexibility index (Phi) is 6.86. The number of aromatic nitrogens is 3. The van der Waals surface area contributed by atoms with Crippen LogP contribution in [-0.2, 0) is 0 Å². The summed E-state index contributed by atoms with van der Waals surface area (Å²) in [6.45, 7) is 2.94. The Bertz CT molecular complexity index is 1370. The fourth-order valence-corrected chi connectivity index (χ4v) is 4.78. The third-order valence-corrected chi connectivity index (χ3v) is 6.95. The van der Waals surface area contributed by atoms with Crippen LogP contribution in [-0.4, -0.2) is 64.7 Å². The Morgan fingerprint density at radius 1 is 1.17 bits per heavy atom. The van der Waals surface area contributed by atoms with Gasteiger partial charge in [-0.25, -0.2) is 9.97 Å². The van der Waals surface area contributed by atoms with Crippen LogP contribution in [0.1, 0.15) is 29.6 Å². The van der Waals surface area contributed by atoms with Crippen molar-refractivity contribution >= 4 is 16.9 Å². The molecule has 5 rings (SSSR count). The van der Waals surface area contributed by atoms with Crippen molar-refractivity contribution in [2.24, 2.45) is 5.92 Å². The minimum absolute atomic E-state index is 0.0945. The molecule has 0 atom stereocenters. The summed E-state index contributed by atoms with van der Waals surface area (Å²) in [5.74, 6) is 1.71. The van der Waals surface area contributed by atoms with Gasteiger partial charge < -0.3 is 25.0 Å². The first-order chi connectivity index (χ1) is 17.5. The number of H-pyrrole nitrogens is 1. The summed E-state index contributed by atoms with van der Waals surface area (Å²) in [5.41, 5.74) is 4.24. The van der Waals surface area contributed by atoms with Crippen molar-refractivity contribution in [1.82, 2.24) is 25.2 Å². The average molecular weight is 486 g/mol. The zero-order chi connectivity index (χ0) is 25.1. The van der Waals surface area contributed by atoms with Gasteiger partial charge >= 0.3 is 0 Å². The number of aromatic amines is 1. The summed E-state index contributed by atoms with van der Waals surface area (Å²) in [5, 5.41) is 13.6. The SMILES string of the molecule is COc1ncccc1-c1ccc(O)c(-c2nc3cc(C(=O)NCCC4CCN(C)CC4)ccc3[nH]2)c1. The number of aromatic hydroxyl groups is 1. The number of rotatable bonds is 7. The number of carbonyl (C=O) groups is 1. The molecule has 8 nitrogen and oxygen atoms in total. The van der Waals surface area contributed by atoms with Crippen molar-refractivity contribution < 1.29 is 14.6 Å². The number of likely N-dealkylation sites (tertiary alicyclic amines) is 1. The van der Waals surface area contributed by atoms with E-state index in [1.165, 1.54) is 12.8 Å². The lowest BCUT2D eigenvalue weighted by atomic mass is 9.94. The van der Waals surface area contributed by atoms with Gasteiger partial charge in [0.1, 0.15) is 11.6 Å². The predicted molar refractivity (Wildman–Crippen MR) is 140 cm³/mol. The highest BCUT2D eigenvalue weighted by Crippen LogP contribution is 2.35. The van der Waals surface area contributed by atoms with E-state index in [1.807, 2.05) is 30.3 Å². The molecule has 1 aliphatic heterocycles. The average Bonchev–Trinajstić information content (AvgIpc) is 3.33. The molecule has 0 spiro atoms. The minimum atomic E-state index is -0.0945. The number of fused-ring (bicyclic) bond motifs is 1. The van der Waals surface area contributed by atoms with Gasteiger partial charge in [-0.2, -0.15) is 0 Å². The van der Waals surface area contributed by atoms with Crippen LogP contribution in [0.15, 0.2) is 54.7 Å². The largest absolute Gasteiger partial charge is 0.507 e. The molecule has 0 unspecified atom stereocenters. The molecule has 0 saturated carbocycles. The van der Waals surface area contributed by atoms with Crippen LogP contribution in [0.2, 0.25) is 0 Å². The number of imidazole rings is 1. The molecule has 186 valence electrons. The van der Waals surface area contributed by atoms with Gasteiger partial charge in [-0.05, 0) is 93.3 Å². The van der Waals surface area contributed by atoms with E-state index >= 15 is 0 Å². The van der Waals surface area contributed by atoms with Gasteiger partial charge in [-0.15, -0.1) is 0 Å². The van der Waals surface area contributed by atoms with Crippen molar-refractivity contribution in [2.75, 3.05) is 33.8 Å².